The first-order chi connectivity index (χ1) is 18.1. The number of piperazine rings is 1. The normalized spacial score (nSPS) is 14.5. The summed E-state index contributed by atoms with van der Waals surface area (Å²) in [6, 6.07) is 11.3. The molecule has 1 saturated heterocycles. The Balaban J connectivity index is 1.90. The Bertz CT molecular complexity index is 1140. The van der Waals surface area contributed by atoms with Gasteiger partial charge in [0.2, 0.25) is 0 Å². The molecule has 1 aliphatic rings. The van der Waals surface area contributed by atoms with Crippen molar-refractivity contribution in [1.82, 2.24) is 15.1 Å². The molecule has 2 aromatic rings. The van der Waals surface area contributed by atoms with Crippen LogP contribution in [0.15, 0.2) is 36.4 Å². The largest absolute Gasteiger partial charge is 0.507 e. The highest BCUT2D eigenvalue weighted by Crippen LogP contribution is 2.34. The lowest BCUT2D eigenvalue weighted by atomic mass is 9.97. The molecule has 1 aliphatic heterocycles. The van der Waals surface area contributed by atoms with E-state index in [0.29, 0.717) is 24.0 Å². The van der Waals surface area contributed by atoms with E-state index in [0.717, 1.165) is 43.9 Å². The van der Waals surface area contributed by atoms with E-state index in [1.165, 1.54) is 18.1 Å². The second-order valence-corrected chi connectivity index (χ2v) is 10.2. The van der Waals surface area contributed by atoms with Crippen molar-refractivity contribution in [2.75, 3.05) is 44.7 Å². The zero-order valence-electron chi connectivity index (χ0n) is 23.5. The quantitative estimate of drug-likeness (QED) is 0.308. The number of nitrogens with one attached hydrogen (secondary N) is 3. The number of anilines is 1. The molecule has 1 fully saturated rings. The van der Waals surface area contributed by atoms with Gasteiger partial charge in [0.05, 0.1) is 12.7 Å². The summed E-state index contributed by atoms with van der Waals surface area (Å²) >= 11 is 0. The zero-order valence-corrected chi connectivity index (χ0v) is 23.5. The Labute approximate surface area is 226 Å². The highest BCUT2D eigenvalue weighted by molar-refractivity contribution is 6.48. The van der Waals surface area contributed by atoms with Crippen molar-refractivity contribution in [2.45, 2.75) is 53.1 Å². The minimum Gasteiger partial charge on any atom is -0.507 e. The zero-order chi connectivity index (χ0) is 28.0. The van der Waals surface area contributed by atoms with Gasteiger partial charge in [0.15, 0.2) is 5.84 Å². The minimum absolute atomic E-state index is 0.0788. The van der Waals surface area contributed by atoms with E-state index in [1.54, 1.807) is 13.0 Å². The average molecular weight is 523 g/mol. The molecule has 0 aromatic heterocycles. The van der Waals surface area contributed by atoms with E-state index in [4.69, 9.17) is 15.6 Å². The van der Waals surface area contributed by atoms with Gasteiger partial charge >= 0.3 is 0 Å². The summed E-state index contributed by atoms with van der Waals surface area (Å²) in [4.78, 5) is 18.9. The molecular formula is C29H42N6O3. The molecule has 9 nitrogen and oxygen atoms in total. The molecule has 0 saturated carbocycles. The van der Waals surface area contributed by atoms with E-state index in [9.17, 15) is 9.90 Å². The molecule has 38 heavy (non-hydrogen) atoms. The Hall–Kier alpha value is -3.43. The summed E-state index contributed by atoms with van der Waals surface area (Å²) in [6.07, 6.45) is 0. The van der Waals surface area contributed by atoms with Crippen LogP contribution >= 0.6 is 0 Å². The number of benzene rings is 2. The van der Waals surface area contributed by atoms with E-state index in [2.05, 4.69) is 29.0 Å². The van der Waals surface area contributed by atoms with Gasteiger partial charge < -0.3 is 15.2 Å². The van der Waals surface area contributed by atoms with Gasteiger partial charge in [-0.3, -0.25) is 30.3 Å². The molecule has 0 bridgehead atoms. The number of phenolic OH excluding ortho intramolecular Hbond substituents is 1. The highest BCUT2D eigenvalue weighted by Gasteiger charge is 2.27. The summed E-state index contributed by atoms with van der Waals surface area (Å²) in [6.45, 7) is 15.5. The Kier molecular flexibility index (Phi) is 9.88. The molecule has 9 heteroatoms. The van der Waals surface area contributed by atoms with Gasteiger partial charge in [0, 0.05) is 57.1 Å². The summed E-state index contributed by atoms with van der Waals surface area (Å²) in [7, 11) is 1.54. The van der Waals surface area contributed by atoms with Crippen LogP contribution in [0.4, 0.5) is 5.69 Å². The van der Waals surface area contributed by atoms with Gasteiger partial charge in [-0.15, -0.1) is 0 Å². The van der Waals surface area contributed by atoms with Crippen molar-refractivity contribution in [1.29, 1.82) is 10.8 Å². The number of hydrogen-bond acceptors (Lipinski definition) is 7. The summed E-state index contributed by atoms with van der Waals surface area (Å²) in [5.41, 5.74) is 2.66. The van der Waals surface area contributed by atoms with Crippen molar-refractivity contribution < 1.29 is 14.6 Å². The number of nitrogens with zero attached hydrogens (tertiary/aromatic N) is 3. The van der Waals surface area contributed by atoms with E-state index in [1.807, 2.05) is 38.1 Å². The van der Waals surface area contributed by atoms with Crippen LogP contribution in [0.1, 0.15) is 57.2 Å². The molecule has 1 heterocycles. The van der Waals surface area contributed by atoms with Crippen LogP contribution in [0, 0.1) is 10.8 Å². The van der Waals surface area contributed by atoms with Crippen molar-refractivity contribution in [3.05, 3.63) is 53.1 Å². The van der Waals surface area contributed by atoms with Crippen LogP contribution in [0.3, 0.4) is 0 Å². The van der Waals surface area contributed by atoms with Gasteiger partial charge in [-0.05, 0) is 56.0 Å². The fourth-order valence-electron chi connectivity index (χ4n) is 4.69. The highest BCUT2D eigenvalue weighted by atomic mass is 16.5. The maximum Gasteiger partial charge on any atom is 0.287 e. The summed E-state index contributed by atoms with van der Waals surface area (Å²) in [5, 5.41) is 31.0. The standard InChI is InChI=1S/C29H42N6O3/c1-7-32-29(37)28(31)35(27(30)24-16-23(19(2)3)26(38-6)17-25(24)36)22-10-8-21(9-11-22)18-33-12-14-34(15-13-33)20(4)5/h8-11,16-17,19-20,30-31,36H,7,12-15,18H2,1-6H3,(H,32,37). The first-order valence-corrected chi connectivity index (χ1v) is 13.3. The predicted octanol–water partition coefficient (Wildman–Crippen LogP) is 4.00. The average Bonchev–Trinajstić information content (AvgIpc) is 2.89. The fourth-order valence-corrected chi connectivity index (χ4v) is 4.69. The second kappa shape index (κ2) is 12.9. The number of phenols is 1. The van der Waals surface area contributed by atoms with Gasteiger partial charge in [0.25, 0.3) is 5.91 Å². The number of hydrogen-bond donors (Lipinski definition) is 4. The molecule has 0 unspecified atom stereocenters. The maximum absolute atomic E-state index is 12.7. The minimum atomic E-state index is -0.596. The Morgan fingerprint density at radius 3 is 2.24 bits per heavy atom. The third-order valence-electron chi connectivity index (χ3n) is 6.96. The van der Waals surface area contributed by atoms with Crippen LogP contribution < -0.4 is 15.0 Å². The molecule has 206 valence electrons. The Morgan fingerprint density at radius 1 is 1.08 bits per heavy atom. The number of ether oxygens (including phenoxy) is 1. The van der Waals surface area contributed by atoms with Crippen LogP contribution in [0.2, 0.25) is 0 Å². The van der Waals surface area contributed by atoms with Gasteiger partial charge in [-0.1, -0.05) is 26.0 Å². The Morgan fingerprint density at radius 2 is 1.71 bits per heavy atom. The number of methoxy groups -OCH3 is 1. The number of rotatable bonds is 8. The molecule has 3 rings (SSSR count). The monoisotopic (exact) mass is 522 g/mol. The lowest BCUT2D eigenvalue weighted by molar-refractivity contribution is -0.114. The van der Waals surface area contributed by atoms with Gasteiger partial charge in [0.1, 0.15) is 17.3 Å². The first-order valence-electron chi connectivity index (χ1n) is 13.3. The summed E-state index contributed by atoms with van der Waals surface area (Å²) < 4.78 is 5.42. The smallest absolute Gasteiger partial charge is 0.287 e. The van der Waals surface area contributed by atoms with Gasteiger partial charge in [-0.25, -0.2) is 0 Å². The lowest BCUT2D eigenvalue weighted by Crippen LogP contribution is -2.48. The van der Waals surface area contributed by atoms with Crippen LogP contribution in [0.5, 0.6) is 11.5 Å². The van der Waals surface area contributed by atoms with Crippen LogP contribution in [-0.2, 0) is 11.3 Å². The van der Waals surface area contributed by atoms with Crippen molar-refractivity contribution in [2.24, 2.45) is 0 Å². The van der Waals surface area contributed by atoms with Crippen molar-refractivity contribution in [3.8, 4) is 11.5 Å². The summed E-state index contributed by atoms with van der Waals surface area (Å²) in [5.74, 6) is -0.701. The predicted molar refractivity (Wildman–Crippen MR) is 153 cm³/mol. The van der Waals surface area contributed by atoms with Crippen LogP contribution in [0.25, 0.3) is 0 Å². The number of amidine groups is 2. The van der Waals surface area contributed by atoms with E-state index >= 15 is 0 Å². The molecule has 1 amide bonds. The fraction of sp³-hybridized carbons (Fsp3) is 0.483. The molecule has 0 radical (unpaired) electrons. The van der Waals surface area contributed by atoms with E-state index < -0.39 is 11.7 Å². The third kappa shape index (κ3) is 6.71. The second-order valence-electron chi connectivity index (χ2n) is 10.2. The van der Waals surface area contributed by atoms with Crippen molar-refractivity contribution in [3.63, 3.8) is 0 Å². The molecule has 4 N–H and O–H groups in total. The molecular weight excluding hydrogens is 480 g/mol. The topological polar surface area (TPSA) is 116 Å². The molecule has 0 aliphatic carbocycles. The number of amides is 1. The molecule has 0 atom stereocenters. The molecule has 0 spiro atoms. The van der Waals surface area contributed by atoms with Crippen molar-refractivity contribution >= 4 is 23.3 Å². The lowest BCUT2D eigenvalue weighted by Gasteiger charge is -2.37. The third-order valence-corrected chi connectivity index (χ3v) is 6.96. The number of carbonyl (C=O) groups excluding carboxylic acids is 1. The van der Waals surface area contributed by atoms with E-state index in [-0.39, 0.29) is 23.1 Å². The molecule has 2 aromatic carbocycles. The number of aromatic hydroxyl groups is 1. The first kappa shape index (κ1) is 29.1. The number of likely N-dealkylation sites (N-methyl/N-ethyl adjacent to an activating group) is 1. The van der Waals surface area contributed by atoms with Crippen LogP contribution in [-0.4, -0.2) is 78.4 Å². The SMILES string of the molecule is CCNC(=O)C(=N)N(C(=N)c1cc(C(C)C)c(OC)cc1O)c1ccc(CN2CCN(C(C)C)CC2)cc1. The van der Waals surface area contributed by atoms with Gasteiger partial charge in [-0.2, -0.15) is 0 Å². The maximum atomic E-state index is 12.7. The number of carbonyl (C=O) groups is 1.